The van der Waals surface area contributed by atoms with Gasteiger partial charge in [0.25, 0.3) is 0 Å². The molecule has 0 fully saturated rings. The van der Waals surface area contributed by atoms with E-state index in [9.17, 15) is 12.3 Å². The Morgan fingerprint density at radius 3 is 2.44 bits per heavy atom. The van der Waals surface area contributed by atoms with E-state index in [4.69, 9.17) is 0 Å². The van der Waals surface area contributed by atoms with Crippen LogP contribution < -0.4 is 0 Å². The van der Waals surface area contributed by atoms with Crippen LogP contribution in [0.2, 0.25) is 0 Å². The summed E-state index contributed by atoms with van der Waals surface area (Å²) in [6, 6.07) is 0. The Kier molecular flexibility index (Phi) is 4.22. The van der Waals surface area contributed by atoms with Gasteiger partial charge in [0.15, 0.2) is 0 Å². The summed E-state index contributed by atoms with van der Waals surface area (Å²) in [4.78, 5) is 0. The van der Waals surface area contributed by atoms with E-state index in [1.165, 1.54) is 11.8 Å². The predicted molar refractivity (Wildman–Crippen MR) is 37.9 cm³/mol. The summed E-state index contributed by atoms with van der Waals surface area (Å²) in [5.41, 5.74) is 0. The van der Waals surface area contributed by atoms with Crippen LogP contribution in [0, 0.1) is 0 Å². The van der Waals surface area contributed by atoms with E-state index in [0.29, 0.717) is 12.2 Å². The van der Waals surface area contributed by atoms with E-state index >= 15 is 0 Å². The van der Waals surface area contributed by atoms with Crippen LogP contribution in [0.1, 0.15) is 6.42 Å². The number of halogens is 1. The van der Waals surface area contributed by atoms with Crippen LogP contribution in [-0.2, 0) is 10.2 Å². The first-order valence-electron chi connectivity index (χ1n) is 2.47. The molecule has 0 bridgehead atoms. The summed E-state index contributed by atoms with van der Waals surface area (Å²) in [6.07, 6.45) is 2.25. The van der Waals surface area contributed by atoms with Crippen molar-refractivity contribution in [1.29, 1.82) is 0 Å². The molecule has 0 amide bonds. The highest BCUT2D eigenvalue weighted by Gasteiger charge is 2.04. The maximum atomic E-state index is 11.7. The Hall–Kier alpha value is 0.230. The zero-order valence-corrected chi connectivity index (χ0v) is 6.77. The van der Waals surface area contributed by atoms with Gasteiger partial charge in [-0.2, -0.15) is 20.2 Å². The van der Waals surface area contributed by atoms with Gasteiger partial charge in [0, 0.05) is 0 Å². The second-order valence-corrected chi connectivity index (χ2v) is 4.06. The second kappa shape index (κ2) is 4.11. The average Bonchev–Trinajstić information content (AvgIpc) is 1.63. The standard InChI is InChI=1S/C4H9FO2S2/c1-8-3-2-4-9(5,6)7/h2-4H2,1H3. The molecule has 0 saturated heterocycles. The third-order valence-electron chi connectivity index (χ3n) is 0.737. The Labute approximate surface area is 59.0 Å². The molecule has 0 aromatic rings. The lowest BCUT2D eigenvalue weighted by Gasteiger charge is -1.91. The van der Waals surface area contributed by atoms with Gasteiger partial charge in [0.1, 0.15) is 0 Å². The van der Waals surface area contributed by atoms with Crippen molar-refractivity contribution in [3.63, 3.8) is 0 Å². The SMILES string of the molecule is CSCCCS(=O)(=O)F. The van der Waals surface area contributed by atoms with E-state index in [-0.39, 0.29) is 5.75 Å². The molecule has 0 spiro atoms. The van der Waals surface area contributed by atoms with Gasteiger partial charge in [-0.3, -0.25) is 0 Å². The van der Waals surface area contributed by atoms with E-state index in [0.717, 1.165) is 0 Å². The van der Waals surface area contributed by atoms with Crippen molar-refractivity contribution in [2.45, 2.75) is 6.42 Å². The lowest BCUT2D eigenvalue weighted by Crippen LogP contribution is -1.98. The van der Waals surface area contributed by atoms with Gasteiger partial charge >= 0.3 is 10.2 Å². The van der Waals surface area contributed by atoms with Crippen LogP contribution in [0.25, 0.3) is 0 Å². The lowest BCUT2D eigenvalue weighted by molar-refractivity contribution is 0.551. The Balaban J connectivity index is 3.30. The van der Waals surface area contributed by atoms with Crippen molar-refractivity contribution >= 4 is 22.0 Å². The molecule has 9 heavy (non-hydrogen) atoms. The molecule has 0 rings (SSSR count). The van der Waals surface area contributed by atoms with Gasteiger partial charge < -0.3 is 0 Å². The summed E-state index contributed by atoms with van der Waals surface area (Å²) in [5, 5.41) is 0. The van der Waals surface area contributed by atoms with Crippen molar-refractivity contribution in [2.75, 3.05) is 17.8 Å². The second-order valence-electron chi connectivity index (χ2n) is 1.59. The van der Waals surface area contributed by atoms with Crippen LogP contribution in [0.4, 0.5) is 3.89 Å². The Bertz CT molecular complexity index is 152. The van der Waals surface area contributed by atoms with E-state index < -0.39 is 10.2 Å². The molecule has 0 unspecified atom stereocenters. The molecule has 0 aliphatic heterocycles. The predicted octanol–water partition coefficient (Wildman–Crippen LogP) is 1.04. The molecule has 2 nitrogen and oxygen atoms in total. The molecule has 0 aliphatic rings. The highest BCUT2D eigenvalue weighted by molar-refractivity contribution is 7.98. The number of rotatable bonds is 4. The van der Waals surface area contributed by atoms with Crippen molar-refractivity contribution in [3.8, 4) is 0 Å². The van der Waals surface area contributed by atoms with Gasteiger partial charge in [-0.05, 0) is 18.4 Å². The van der Waals surface area contributed by atoms with Crippen molar-refractivity contribution < 1.29 is 12.3 Å². The zero-order valence-electron chi connectivity index (χ0n) is 5.13. The third kappa shape index (κ3) is 8.23. The molecule has 0 aromatic carbocycles. The Morgan fingerprint density at radius 1 is 1.56 bits per heavy atom. The van der Waals surface area contributed by atoms with Crippen molar-refractivity contribution in [3.05, 3.63) is 0 Å². The minimum Gasteiger partial charge on any atom is -0.195 e. The monoisotopic (exact) mass is 172 g/mol. The topological polar surface area (TPSA) is 34.1 Å². The first kappa shape index (κ1) is 9.23. The summed E-state index contributed by atoms with van der Waals surface area (Å²) in [7, 11) is -4.21. The smallest absolute Gasteiger partial charge is 0.195 e. The maximum Gasteiger partial charge on any atom is 0.302 e. The molecule has 0 aliphatic carbocycles. The molecule has 0 saturated carbocycles. The van der Waals surface area contributed by atoms with Crippen LogP contribution in [-0.4, -0.2) is 26.2 Å². The molecule has 5 heteroatoms. The number of hydrogen-bond donors (Lipinski definition) is 0. The highest BCUT2D eigenvalue weighted by Crippen LogP contribution is 1.99. The average molecular weight is 172 g/mol. The minimum atomic E-state index is -4.21. The molecular weight excluding hydrogens is 163 g/mol. The maximum absolute atomic E-state index is 11.7. The fourth-order valence-electron chi connectivity index (χ4n) is 0.376. The minimum absolute atomic E-state index is 0.339. The molecule has 0 heterocycles. The summed E-state index contributed by atoms with van der Waals surface area (Å²) < 4.78 is 31.3. The van der Waals surface area contributed by atoms with Crippen molar-refractivity contribution in [2.24, 2.45) is 0 Å². The Morgan fingerprint density at radius 2 is 2.11 bits per heavy atom. The van der Waals surface area contributed by atoms with Gasteiger partial charge in [0.05, 0.1) is 5.75 Å². The van der Waals surface area contributed by atoms with E-state index in [2.05, 4.69) is 0 Å². The summed E-state index contributed by atoms with van der Waals surface area (Å²) in [6.45, 7) is 0. The molecule has 56 valence electrons. The molecule has 0 aromatic heterocycles. The van der Waals surface area contributed by atoms with Gasteiger partial charge in [0.2, 0.25) is 0 Å². The first-order valence-corrected chi connectivity index (χ1v) is 5.42. The molecule has 0 radical (unpaired) electrons. The lowest BCUT2D eigenvalue weighted by atomic mass is 10.6. The van der Waals surface area contributed by atoms with Gasteiger partial charge in [-0.15, -0.1) is 3.89 Å². The van der Waals surface area contributed by atoms with Crippen LogP contribution in [0.15, 0.2) is 0 Å². The fourth-order valence-corrected chi connectivity index (χ4v) is 1.48. The van der Waals surface area contributed by atoms with E-state index in [1.807, 2.05) is 6.26 Å². The van der Waals surface area contributed by atoms with Crippen LogP contribution in [0.5, 0.6) is 0 Å². The van der Waals surface area contributed by atoms with Crippen LogP contribution >= 0.6 is 11.8 Å². The molecule has 0 N–H and O–H groups in total. The highest BCUT2D eigenvalue weighted by atomic mass is 32.3. The van der Waals surface area contributed by atoms with E-state index in [1.54, 1.807) is 0 Å². The third-order valence-corrected chi connectivity index (χ3v) is 2.21. The van der Waals surface area contributed by atoms with Crippen LogP contribution in [0.3, 0.4) is 0 Å². The van der Waals surface area contributed by atoms with Crippen molar-refractivity contribution in [1.82, 2.24) is 0 Å². The number of hydrogen-bond acceptors (Lipinski definition) is 3. The largest absolute Gasteiger partial charge is 0.302 e. The van der Waals surface area contributed by atoms with Gasteiger partial charge in [-0.25, -0.2) is 0 Å². The zero-order chi connectivity index (χ0) is 7.33. The molecular formula is C4H9FO2S2. The fraction of sp³-hybridized carbons (Fsp3) is 1.00. The summed E-state index contributed by atoms with van der Waals surface area (Å²) in [5.74, 6) is 0.358. The first-order chi connectivity index (χ1) is 4.06. The quantitative estimate of drug-likeness (QED) is 0.469. The van der Waals surface area contributed by atoms with Gasteiger partial charge in [-0.1, -0.05) is 0 Å². The molecule has 0 atom stereocenters. The summed E-state index contributed by atoms with van der Waals surface area (Å²) >= 11 is 1.51. The number of thioether (sulfide) groups is 1. The normalized spacial score (nSPS) is 11.8.